The first-order valence-electron chi connectivity index (χ1n) is 11.4. The number of hydrogen-bond acceptors (Lipinski definition) is 7. The van der Waals surface area contributed by atoms with Gasteiger partial charge in [0, 0.05) is 57.1 Å². The van der Waals surface area contributed by atoms with Crippen molar-refractivity contribution in [3.05, 3.63) is 30.6 Å². The molecule has 1 aromatic carbocycles. The van der Waals surface area contributed by atoms with Gasteiger partial charge in [0.15, 0.2) is 0 Å². The van der Waals surface area contributed by atoms with Crippen LogP contribution in [0.5, 0.6) is 5.75 Å². The fourth-order valence-electron chi connectivity index (χ4n) is 5.06. The summed E-state index contributed by atoms with van der Waals surface area (Å²) in [5, 5.41) is 8.57. The molecule has 9 heteroatoms. The van der Waals surface area contributed by atoms with Crippen LogP contribution in [0, 0.1) is 5.41 Å². The van der Waals surface area contributed by atoms with Crippen LogP contribution in [-0.2, 0) is 9.53 Å². The molecule has 0 aliphatic carbocycles. The van der Waals surface area contributed by atoms with Gasteiger partial charge >= 0.3 is 0 Å². The first-order valence-corrected chi connectivity index (χ1v) is 11.4. The molecule has 174 valence electrons. The van der Waals surface area contributed by atoms with E-state index in [1.54, 1.807) is 13.4 Å². The molecule has 4 heterocycles. The molecular weight excluding hydrogens is 420 g/mol. The highest BCUT2D eigenvalue weighted by molar-refractivity contribution is 5.93. The molecule has 0 radical (unpaired) electrons. The Hall–Kier alpha value is -3.20. The maximum absolute atomic E-state index is 12.1. The van der Waals surface area contributed by atoms with Crippen molar-refractivity contribution in [2.75, 3.05) is 45.3 Å². The number of nitrogens with one attached hydrogen (secondary N) is 1. The van der Waals surface area contributed by atoms with Crippen LogP contribution >= 0.6 is 0 Å². The van der Waals surface area contributed by atoms with Crippen LogP contribution in [-0.4, -0.2) is 77.5 Å². The van der Waals surface area contributed by atoms with Gasteiger partial charge in [-0.1, -0.05) is 0 Å². The molecule has 0 bridgehead atoms. The minimum Gasteiger partial charge on any atom is -0.488 e. The van der Waals surface area contributed by atoms with Gasteiger partial charge in [-0.3, -0.25) is 9.89 Å². The van der Waals surface area contributed by atoms with Gasteiger partial charge in [-0.2, -0.15) is 5.10 Å². The molecule has 3 aromatic rings. The fraction of sp³-hybridized carbons (Fsp3) is 0.500. The van der Waals surface area contributed by atoms with E-state index in [2.05, 4.69) is 25.1 Å². The lowest BCUT2D eigenvalue weighted by molar-refractivity contribution is -0.126. The van der Waals surface area contributed by atoms with Crippen LogP contribution in [0.1, 0.15) is 26.2 Å². The fourth-order valence-corrected chi connectivity index (χ4v) is 5.06. The third-order valence-electron chi connectivity index (χ3n) is 6.84. The Labute approximate surface area is 193 Å². The molecule has 2 aliphatic heterocycles. The zero-order chi connectivity index (χ0) is 23.0. The Balaban J connectivity index is 1.36. The van der Waals surface area contributed by atoms with E-state index >= 15 is 0 Å². The van der Waals surface area contributed by atoms with Crippen molar-refractivity contribution in [1.82, 2.24) is 25.1 Å². The summed E-state index contributed by atoms with van der Waals surface area (Å²) >= 11 is 0. The number of methoxy groups -OCH3 is 1. The lowest BCUT2D eigenvalue weighted by Crippen LogP contribution is -2.41. The summed E-state index contributed by atoms with van der Waals surface area (Å²) in [6.45, 7) is 5.12. The third kappa shape index (κ3) is 4.25. The van der Waals surface area contributed by atoms with Crippen LogP contribution in [0.2, 0.25) is 0 Å². The van der Waals surface area contributed by atoms with Gasteiger partial charge in [0.05, 0.1) is 17.8 Å². The van der Waals surface area contributed by atoms with Crippen molar-refractivity contribution in [3.63, 3.8) is 0 Å². The predicted octanol–water partition coefficient (Wildman–Crippen LogP) is 2.88. The van der Waals surface area contributed by atoms with Gasteiger partial charge in [-0.05, 0) is 38.0 Å². The maximum Gasteiger partial charge on any atom is 0.222 e. The lowest BCUT2D eigenvalue weighted by atomic mass is 9.77. The molecular formula is C24H30N6O3. The molecule has 9 nitrogen and oxygen atoms in total. The summed E-state index contributed by atoms with van der Waals surface area (Å²) in [6.07, 6.45) is 4.20. The second-order valence-electron chi connectivity index (χ2n) is 9.34. The Morgan fingerprint density at radius 1 is 1.21 bits per heavy atom. The maximum atomic E-state index is 12.1. The standard InChI is InChI=1S/C24H30N6O3/c1-16(13-32-3)33-17-4-5-19-18(10-17)23(28-27-19)20-11-21(26-15-25-20)30-8-6-24(7-9-30)12-22(31)29(2)14-24/h4-5,10-11,15-16H,6-9,12-14H2,1-3H3,(H,27,28). The van der Waals surface area contributed by atoms with Crippen molar-refractivity contribution >= 4 is 22.6 Å². The van der Waals surface area contributed by atoms with Gasteiger partial charge in [-0.15, -0.1) is 0 Å². The van der Waals surface area contributed by atoms with Crippen molar-refractivity contribution in [2.45, 2.75) is 32.3 Å². The quantitative estimate of drug-likeness (QED) is 0.617. The largest absolute Gasteiger partial charge is 0.488 e. The van der Waals surface area contributed by atoms with Gasteiger partial charge in [0.2, 0.25) is 5.91 Å². The Kier molecular flexibility index (Phi) is 5.65. The molecule has 1 spiro atoms. The van der Waals surface area contributed by atoms with Gasteiger partial charge in [0.1, 0.15) is 29.7 Å². The SMILES string of the molecule is COCC(C)Oc1ccc2[nH]nc(-c3cc(N4CCC5(CC4)CC(=O)N(C)C5)ncn3)c2c1. The van der Waals surface area contributed by atoms with E-state index in [-0.39, 0.29) is 17.4 Å². The molecule has 33 heavy (non-hydrogen) atoms. The summed E-state index contributed by atoms with van der Waals surface area (Å²) in [5.74, 6) is 1.92. The van der Waals surface area contributed by atoms with E-state index in [0.717, 1.165) is 66.3 Å². The topological polar surface area (TPSA) is 96.5 Å². The van der Waals surface area contributed by atoms with E-state index in [0.29, 0.717) is 13.0 Å². The molecule has 2 aromatic heterocycles. The number of nitrogens with zero attached hydrogens (tertiary/aromatic N) is 5. The molecule has 1 atom stereocenters. The number of H-pyrrole nitrogens is 1. The van der Waals surface area contributed by atoms with E-state index in [4.69, 9.17) is 9.47 Å². The lowest BCUT2D eigenvalue weighted by Gasteiger charge is -2.39. The summed E-state index contributed by atoms with van der Waals surface area (Å²) < 4.78 is 11.1. The predicted molar refractivity (Wildman–Crippen MR) is 125 cm³/mol. The normalized spacial score (nSPS) is 18.9. The van der Waals surface area contributed by atoms with Gasteiger partial charge in [0.25, 0.3) is 0 Å². The van der Waals surface area contributed by atoms with Crippen LogP contribution in [0.25, 0.3) is 22.3 Å². The zero-order valence-electron chi connectivity index (χ0n) is 19.4. The zero-order valence-corrected chi connectivity index (χ0v) is 19.4. The summed E-state index contributed by atoms with van der Waals surface area (Å²) in [5.41, 5.74) is 2.58. The van der Waals surface area contributed by atoms with Crippen LogP contribution in [0.4, 0.5) is 5.82 Å². The molecule has 1 unspecified atom stereocenters. The Bertz CT molecular complexity index is 1150. The number of aromatic amines is 1. The first kappa shape index (κ1) is 21.6. The molecule has 2 saturated heterocycles. The molecule has 1 N–H and O–H groups in total. The van der Waals surface area contributed by atoms with Crippen LogP contribution < -0.4 is 9.64 Å². The number of benzene rings is 1. The number of anilines is 1. The highest BCUT2D eigenvalue weighted by atomic mass is 16.5. The van der Waals surface area contributed by atoms with Crippen molar-refractivity contribution < 1.29 is 14.3 Å². The number of ether oxygens (including phenoxy) is 2. The number of aromatic nitrogens is 4. The molecule has 5 rings (SSSR count). The number of rotatable bonds is 6. The number of carbonyl (C=O) groups is 1. The number of carbonyl (C=O) groups excluding carboxylic acids is 1. The minimum atomic E-state index is -0.0502. The number of likely N-dealkylation sites (tertiary alicyclic amines) is 1. The number of amides is 1. The number of piperidine rings is 1. The average molecular weight is 451 g/mol. The molecule has 1 amide bonds. The Morgan fingerprint density at radius 2 is 2.03 bits per heavy atom. The first-order chi connectivity index (χ1) is 16.0. The monoisotopic (exact) mass is 450 g/mol. The van der Waals surface area contributed by atoms with Gasteiger partial charge in [-0.25, -0.2) is 9.97 Å². The second kappa shape index (κ2) is 8.62. The number of fused-ring (bicyclic) bond motifs is 1. The van der Waals surface area contributed by atoms with E-state index in [1.165, 1.54) is 0 Å². The number of hydrogen-bond donors (Lipinski definition) is 1. The van der Waals surface area contributed by atoms with E-state index in [1.807, 2.05) is 43.1 Å². The second-order valence-corrected chi connectivity index (χ2v) is 9.34. The highest BCUT2D eigenvalue weighted by Gasteiger charge is 2.43. The minimum absolute atomic E-state index is 0.0502. The van der Waals surface area contributed by atoms with Crippen molar-refractivity contribution in [1.29, 1.82) is 0 Å². The summed E-state index contributed by atoms with van der Waals surface area (Å²) in [7, 11) is 3.57. The molecule has 2 aliphatic rings. The van der Waals surface area contributed by atoms with Crippen molar-refractivity contribution in [3.8, 4) is 17.1 Å². The summed E-state index contributed by atoms with van der Waals surface area (Å²) in [4.78, 5) is 25.3. The van der Waals surface area contributed by atoms with E-state index in [9.17, 15) is 4.79 Å². The summed E-state index contributed by atoms with van der Waals surface area (Å²) in [6, 6.07) is 7.88. The molecule has 0 saturated carbocycles. The smallest absolute Gasteiger partial charge is 0.222 e. The third-order valence-corrected chi connectivity index (χ3v) is 6.84. The van der Waals surface area contributed by atoms with Crippen molar-refractivity contribution in [2.24, 2.45) is 5.41 Å². The highest BCUT2D eigenvalue weighted by Crippen LogP contribution is 2.41. The average Bonchev–Trinajstić information content (AvgIpc) is 3.34. The van der Waals surface area contributed by atoms with E-state index < -0.39 is 0 Å². The van der Waals surface area contributed by atoms with Crippen LogP contribution in [0.15, 0.2) is 30.6 Å². The van der Waals surface area contributed by atoms with Crippen LogP contribution in [0.3, 0.4) is 0 Å². The van der Waals surface area contributed by atoms with Gasteiger partial charge < -0.3 is 19.3 Å². The molecule has 2 fully saturated rings. The Morgan fingerprint density at radius 3 is 2.76 bits per heavy atom.